The van der Waals surface area contributed by atoms with Gasteiger partial charge in [-0.15, -0.1) is 0 Å². The molecule has 0 aliphatic heterocycles. The Morgan fingerprint density at radius 2 is 1.86 bits per heavy atom. The van der Waals surface area contributed by atoms with Crippen LogP contribution in [-0.2, 0) is 6.61 Å². The van der Waals surface area contributed by atoms with Crippen LogP contribution in [0.1, 0.15) is 16.8 Å². The van der Waals surface area contributed by atoms with E-state index in [1.807, 2.05) is 23.2 Å². The van der Waals surface area contributed by atoms with Crippen LogP contribution in [0.3, 0.4) is 0 Å². The van der Waals surface area contributed by atoms with Crippen molar-refractivity contribution in [3.05, 3.63) is 101 Å². The van der Waals surface area contributed by atoms with E-state index in [2.05, 4.69) is 4.98 Å². The van der Waals surface area contributed by atoms with Crippen molar-refractivity contribution in [1.29, 1.82) is 0 Å². The number of halogens is 1. The maximum atomic E-state index is 11.6. The van der Waals surface area contributed by atoms with Crippen LogP contribution >= 0.6 is 11.6 Å². The average Bonchev–Trinajstić information content (AvgIpc) is 2.65. The molecule has 3 aromatic rings. The molecule has 2 N–H and O–H groups in total. The summed E-state index contributed by atoms with van der Waals surface area (Å²) < 4.78 is 5.73. The fourth-order valence-corrected chi connectivity index (χ4v) is 2.65. The molecule has 0 bridgehead atoms. The van der Waals surface area contributed by atoms with Crippen molar-refractivity contribution < 1.29 is 9.66 Å². The molecule has 2 aromatic carbocycles. The van der Waals surface area contributed by atoms with Crippen molar-refractivity contribution in [2.45, 2.75) is 6.61 Å². The molecule has 0 aliphatic rings. The Bertz CT molecular complexity index is 1170. The van der Waals surface area contributed by atoms with Crippen LogP contribution in [0.25, 0.3) is 12.2 Å². The molecule has 3 rings (SSSR count). The summed E-state index contributed by atoms with van der Waals surface area (Å²) in [5.41, 5.74) is -1.32. The van der Waals surface area contributed by atoms with Gasteiger partial charge >= 0.3 is 16.9 Å². The van der Waals surface area contributed by atoms with Crippen molar-refractivity contribution in [3.8, 4) is 5.75 Å². The summed E-state index contributed by atoms with van der Waals surface area (Å²) in [5, 5.41) is 11.7. The minimum Gasteiger partial charge on any atom is -0.489 e. The number of aromatic nitrogens is 2. The van der Waals surface area contributed by atoms with Gasteiger partial charge in [-0.3, -0.25) is 19.9 Å². The third kappa shape index (κ3) is 4.54. The number of rotatable bonds is 6. The second-order valence-corrected chi connectivity index (χ2v) is 6.12. The average molecular weight is 400 g/mol. The van der Waals surface area contributed by atoms with Gasteiger partial charge in [-0.1, -0.05) is 48.0 Å². The Morgan fingerprint density at radius 1 is 1.07 bits per heavy atom. The monoisotopic (exact) mass is 399 g/mol. The molecule has 0 spiro atoms. The van der Waals surface area contributed by atoms with Gasteiger partial charge in [-0.25, -0.2) is 4.79 Å². The smallest absolute Gasteiger partial charge is 0.357 e. The zero-order valence-electron chi connectivity index (χ0n) is 14.3. The quantitative estimate of drug-likeness (QED) is 0.486. The van der Waals surface area contributed by atoms with Crippen LogP contribution in [0.5, 0.6) is 5.75 Å². The van der Waals surface area contributed by atoms with Gasteiger partial charge in [-0.2, -0.15) is 0 Å². The SMILES string of the molecule is O=c1[nH]c(/C=C\c2cccc(OCc3ccccc3Cl)c2)c([N+](=O)[O-])c(=O)[nH]1. The van der Waals surface area contributed by atoms with E-state index in [1.165, 1.54) is 12.2 Å². The summed E-state index contributed by atoms with van der Waals surface area (Å²) in [7, 11) is 0. The summed E-state index contributed by atoms with van der Waals surface area (Å²) in [6.07, 6.45) is 2.82. The van der Waals surface area contributed by atoms with Crippen LogP contribution in [-0.4, -0.2) is 14.9 Å². The Morgan fingerprint density at radius 3 is 2.61 bits per heavy atom. The van der Waals surface area contributed by atoms with Crippen molar-refractivity contribution in [1.82, 2.24) is 9.97 Å². The molecule has 1 aromatic heterocycles. The van der Waals surface area contributed by atoms with Crippen molar-refractivity contribution in [3.63, 3.8) is 0 Å². The number of aromatic amines is 2. The third-order valence-corrected chi connectivity index (χ3v) is 4.15. The molecule has 0 atom stereocenters. The molecule has 0 amide bonds. The standard InChI is InChI=1S/C19H14ClN3O5/c20-15-7-2-1-5-13(15)11-28-14-6-3-4-12(10-14)8-9-16-17(23(26)27)18(24)22-19(25)21-16/h1-10H,11H2,(H2,21,22,24,25)/b9-8-. The largest absolute Gasteiger partial charge is 0.489 e. The normalized spacial score (nSPS) is 10.9. The van der Waals surface area contributed by atoms with Crippen molar-refractivity contribution in [2.75, 3.05) is 0 Å². The topological polar surface area (TPSA) is 118 Å². The van der Waals surface area contributed by atoms with Crippen LogP contribution in [0, 0.1) is 10.1 Å². The molecular formula is C19H14ClN3O5. The lowest BCUT2D eigenvalue weighted by Gasteiger charge is -2.08. The van der Waals surface area contributed by atoms with E-state index >= 15 is 0 Å². The second-order valence-electron chi connectivity index (χ2n) is 5.71. The molecular weight excluding hydrogens is 386 g/mol. The van der Waals surface area contributed by atoms with Gasteiger partial charge in [0.05, 0.1) is 4.92 Å². The molecule has 0 fully saturated rings. The predicted octanol–water partition coefficient (Wildman–Crippen LogP) is 3.37. The van der Waals surface area contributed by atoms with Gasteiger partial charge in [0.15, 0.2) is 0 Å². The third-order valence-electron chi connectivity index (χ3n) is 3.78. The van der Waals surface area contributed by atoms with E-state index in [0.29, 0.717) is 16.3 Å². The first kappa shape index (κ1) is 19.1. The highest BCUT2D eigenvalue weighted by Crippen LogP contribution is 2.20. The highest BCUT2D eigenvalue weighted by Gasteiger charge is 2.18. The Hall–Kier alpha value is -3.65. The van der Waals surface area contributed by atoms with Gasteiger partial charge in [-0.05, 0) is 29.8 Å². The molecule has 142 valence electrons. The van der Waals surface area contributed by atoms with E-state index in [9.17, 15) is 19.7 Å². The maximum absolute atomic E-state index is 11.6. The lowest BCUT2D eigenvalue weighted by Crippen LogP contribution is -2.25. The van der Waals surface area contributed by atoms with Gasteiger partial charge in [0.1, 0.15) is 18.1 Å². The first-order valence-corrected chi connectivity index (χ1v) is 8.47. The number of nitro groups is 1. The number of nitrogens with zero attached hydrogens (tertiary/aromatic N) is 1. The highest BCUT2D eigenvalue weighted by atomic mass is 35.5. The molecule has 0 saturated carbocycles. The molecule has 9 heteroatoms. The Labute approximate surface area is 163 Å². The zero-order valence-corrected chi connectivity index (χ0v) is 15.1. The first-order chi connectivity index (χ1) is 13.4. The molecule has 0 radical (unpaired) electrons. The lowest BCUT2D eigenvalue weighted by molar-refractivity contribution is -0.386. The fraction of sp³-hybridized carbons (Fsp3) is 0.0526. The van der Waals surface area contributed by atoms with Crippen molar-refractivity contribution in [2.24, 2.45) is 0 Å². The fourth-order valence-electron chi connectivity index (χ4n) is 2.46. The summed E-state index contributed by atoms with van der Waals surface area (Å²) >= 11 is 6.10. The Kier molecular flexibility index (Phi) is 5.71. The van der Waals surface area contributed by atoms with E-state index in [-0.39, 0.29) is 12.3 Å². The number of H-pyrrole nitrogens is 2. The van der Waals surface area contributed by atoms with Gasteiger partial charge in [0.2, 0.25) is 0 Å². The molecule has 0 aliphatic carbocycles. The molecule has 0 unspecified atom stereocenters. The Balaban J connectivity index is 1.82. The predicted molar refractivity (Wildman–Crippen MR) is 105 cm³/mol. The van der Waals surface area contributed by atoms with E-state index in [4.69, 9.17) is 16.3 Å². The number of nitrogens with one attached hydrogen (secondary N) is 2. The van der Waals surface area contributed by atoms with Gasteiger partial charge in [0.25, 0.3) is 0 Å². The number of ether oxygens (including phenoxy) is 1. The summed E-state index contributed by atoms with van der Waals surface area (Å²) in [4.78, 5) is 37.3. The molecule has 8 nitrogen and oxygen atoms in total. The molecule has 28 heavy (non-hydrogen) atoms. The summed E-state index contributed by atoms with van der Waals surface area (Å²) in [6, 6.07) is 14.3. The van der Waals surface area contributed by atoms with Crippen molar-refractivity contribution >= 4 is 29.4 Å². The summed E-state index contributed by atoms with van der Waals surface area (Å²) in [6.45, 7) is 0.277. The minimum absolute atomic E-state index is 0.193. The first-order valence-electron chi connectivity index (χ1n) is 8.09. The number of hydrogen-bond donors (Lipinski definition) is 2. The van der Waals surface area contributed by atoms with Crippen LogP contribution in [0.2, 0.25) is 5.02 Å². The number of benzene rings is 2. The second kappa shape index (κ2) is 8.36. The van der Waals surface area contributed by atoms with E-state index in [0.717, 1.165) is 5.56 Å². The number of hydrogen-bond acceptors (Lipinski definition) is 5. The molecule has 0 saturated heterocycles. The zero-order chi connectivity index (χ0) is 20.1. The van der Waals surface area contributed by atoms with E-state index < -0.39 is 21.9 Å². The maximum Gasteiger partial charge on any atom is 0.357 e. The van der Waals surface area contributed by atoms with Crippen LogP contribution in [0.4, 0.5) is 5.69 Å². The molecule has 1 heterocycles. The van der Waals surface area contributed by atoms with Crippen LogP contribution in [0.15, 0.2) is 58.1 Å². The lowest BCUT2D eigenvalue weighted by atomic mass is 10.2. The van der Waals surface area contributed by atoms with E-state index in [1.54, 1.807) is 30.3 Å². The van der Waals surface area contributed by atoms with Gasteiger partial charge < -0.3 is 9.72 Å². The van der Waals surface area contributed by atoms with Crippen LogP contribution < -0.4 is 16.0 Å². The van der Waals surface area contributed by atoms with Gasteiger partial charge in [0, 0.05) is 10.6 Å². The minimum atomic E-state index is -1.06. The summed E-state index contributed by atoms with van der Waals surface area (Å²) in [5.74, 6) is 0.566. The highest BCUT2D eigenvalue weighted by molar-refractivity contribution is 6.31.